The number of hydrogen-bond donors (Lipinski definition) is 1. The molecule has 0 amide bonds. The van der Waals surface area contributed by atoms with Crippen molar-refractivity contribution in [2.45, 2.75) is 51.5 Å². The van der Waals surface area contributed by atoms with E-state index < -0.39 is 0 Å². The molecule has 1 heterocycles. The van der Waals surface area contributed by atoms with Crippen molar-refractivity contribution >= 4 is 0 Å². The van der Waals surface area contributed by atoms with Crippen LogP contribution in [-0.4, -0.2) is 0 Å². The molecular weight excluding hydrogens is 198 g/mol. The van der Waals surface area contributed by atoms with Crippen molar-refractivity contribution in [2.75, 3.05) is 0 Å². The first-order chi connectivity index (χ1) is 7.77. The molecule has 1 unspecified atom stereocenters. The molecule has 0 aromatic carbocycles. The van der Waals surface area contributed by atoms with Crippen molar-refractivity contribution in [2.24, 2.45) is 5.73 Å². The van der Waals surface area contributed by atoms with Gasteiger partial charge >= 0.3 is 0 Å². The molecule has 0 fully saturated rings. The third-order valence-electron chi connectivity index (χ3n) is 3.29. The van der Waals surface area contributed by atoms with Crippen LogP contribution in [0.3, 0.4) is 0 Å². The molecule has 1 atom stereocenters. The minimum atomic E-state index is -0.0354. The van der Waals surface area contributed by atoms with Gasteiger partial charge in [0.2, 0.25) is 0 Å². The molecule has 1 aliphatic rings. The Morgan fingerprint density at radius 1 is 1.19 bits per heavy atom. The van der Waals surface area contributed by atoms with E-state index in [4.69, 9.17) is 10.2 Å². The van der Waals surface area contributed by atoms with E-state index >= 15 is 0 Å². The number of hydrogen-bond acceptors (Lipinski definition) is 2. The lowest BCUT2D eigenvalue weighted by molar-refractivity contribution is 0.456. The van der Waals surface area contributed by atoms with Crippen LogP contribution in [0, 0.1) is 6.92 Å². The summed E-state index contributed by atoms with van der Waals surface area (Å²) in [6, 6.07) is 3.95. The third kappa shape index (κ3) is 2.76. The fourth-order valence-corrected chi connectivity index (χ4v) is 2.30. The smallest absolute Gasteiger partial charge is 0.125 e. The Morgan fingerprint density at radius 3 is 2.75 bits per heavy atom. The van der Waals surface area contributed by atoms with E-state index in [9.17, 15) is 0 Å². The summed E-state index contributed by atoms with van der Waals surface area (Å²) in [6.07, 6.45) is 9.87. The predicted octanol–water partition coefficient (Wildman–Crippen LogP) is 3.87. The van der Waals surface area contributed by atoms with Crippen LogP contribution in [0.2, 0.25) is 0 Å². The minimum Gasteiger partial charge on any atom is -0.464 e. The largest absolute Gasteiger partial charge is 0.464 e. The summed E-state index contributed by atoms with van der Waals surface area (Å²) < 4.78 is 5.60. The van der Waals surface area contributed by atoms with Gasteiger partial charge in [-0.25, -0.2) is 0 Å². The Morgan fingerprint density at radius 2 is 2.00 bits per heavy atom. The van der Waals surface area contributed by atoms with Gasteiger partial charge < -0.3 is 10.2 Å². The Kier molecular flexibility index (Phi) is 3.83. The fourth-order valence-electron chi connectivity index (χ4n) is 2.30. The van der Waals surface area contributed by atoms with Gasteiger partial charge in [0.05, 0.1) is 6.04 Å². The van der Waals surface area contributed by atoms with Gasteiger partial charge in [-0.15, -0.1) is 0 Å². The van der Waals surface area contributed by atoms with E-state index in [1.165, 1.54) is 37.7 Å². The fraction of sp³-hybridized carbons (Fsp3) is 0.571. The van der Waals surface area contributed by atoms with Gasteiger partial charge in [-0.2, -0.15) is 0 Å². The SMILES string of the molecule is Cc1ccc(C(N)/C2=C/CCCCCC2)o1. The average molecular weight is 219 g/mol. The van der Waals surface area contributed by atoms with Crippen molar-refractivity contribution in [3.05, 3.63) is 35.3 Å². The van der Waals surface area contributed by atoms with Crippen LogP contribution in [0.15, 0.2) is 28.2 Å². The molecule has 0 aliphatic heterocycles. The van der Waals surface area contributed by atoms with Crippen LogP contribution < -0.4 is 5.73 Å². The van der Waals surface area contributed by atoms with Crippen LogP contribution in [0.5, 0.6) is 0 Å². The van der Waals surface area contributed by atoms with Gasteiger partial charge in [0.25, 0.3) is 0 Å². The highest BCUT2D eigenvalue weighted by Crippen LogP contribution is 2.27. The molecule has 1 aromatic heterocycles. The Balaban J connectivity index is 2.09. The van der Waals surface area contributed by atoms with Gasteiger partial charge in [-0.3, -0.25) is 0 Å². The quantitative estimate of drug-likeness (QED) is 0.767. The van der Waals surface area contributed by atoms with Gasteiger partial charge in [0.15, 0.2) is 0 Å². The zero-order valence-corrected chi connectivity index (χ0v) is 10.0. The van der Waals surface area contributed by atoms with Crippen molar-refractivity contribution in [3.63, 3.8) is 0 Å². The summed E-state index contributed by atoms with van der Waals surface area (Å²) in [6.45, 7) is 1.96. The molecule has 0 saturated heterocycles. The van der Waals surface area contributed by atoms with Gasteiger partial charge in [0, 0.05) is 0 Å². The number of rotatable bonds is 2. The second kappa shape index (κ2) is 5.35. The Hall–Kier alpha value is -1.02. The molecule has 0 radical (unpaired) electrons. The predicted molar refractivity (Wildman–Crippen MR) is 66.2 cm³/mol. The first-order valence-electron chi connectivity index (χ1n) is 6.28. The lowest BCUT2D eigenvalue weighted by Crippen LogP contribution is -2.13. The molecular formula is C14H21NO. The van der Waals surface area contributed by atoms with Crippen LogP contribution in [0.1, 0.15) is 56.1 Å². The first-order valence-corrected chi connectivity index (χ1v) is 6.28. The average Bonchev–Trinajstić information content (AvgIpc) is 2.63. The summed E-state index contributed by atoms with van der Waals surface area (Å²) in [5.74, 6) is 1.85. The van der Waals surface area contributed by atoms with Gasteiger partial charge in [-0.1, -0.05) is 18.9 Å². The van der Waals surface area contributed by atoms with Crippen LogP contribution in [-0.2, 0) is 0 Å². The highest BCUT2D eigenvalue weighted by Gasteiger charge is 2.15. The molecule has 0 saturated carbocycles. The molecule has 0 bridgehead atoms. The number of furan rings is 1. The van der Waals surface area contributed by atoms with Gasteiger partial charge in [0.1, 0.15) is 11.5 Å². The molecule has 2 N–H and O–H groups in total. The second-order valence-electron chi connectivity index (χ2n) is 4.66. The van der Waals surface area contributed by atoms with E-state index in [0.29, 0.717) is 0 Å². The molecule has 0 spiro atoms. The van der Waals surface area contributed by atoms with E-state index in [1.807, 2.05) is 19.1 Å². The summed E-state index contributed by atoms with van der Waals surface area (Å²) in [7, 11) is 0. The summed E-state index contributed by atoms with van der Waals surface area (Å²) in [4.78, 5) is 0. The van der Waals surface area contributed by atoms with Crippen LogP contribution >= 0.6 is 0 Å². The number of aryl methyl sites for hydroxylation is 1. The highest BCUT2D eigenvalue weighted by atomic mass is 16.3. The van der Waals surface area contributed by atoms with Crippen molar-refractivity contribution in [3.8, 4) is 0 Å². The summed E-state index contributed by atoms with van der Waals surface area (Å²) in [5.41, 5.74) is 7.60. The maximum atomic E-state index is 6.24. The molecule has 16 heavy (non-hydrogen) atoms. The van der Waals surface area contributed by atoms with Crippen LogP contribution in [0.25, 0.3) is 0 Å². The number of nitrogens with two attached hydrogens (primary N) is 1. The second-order valence-corrected chi connectivity index (χ2v) is 4.66. The minimum absolute atomic E-state index is 0.0354. The van der Waals surface area contributed by atoms with E-state index in [1.54, 1.807) is 0 Å². The monoisotopic (exact) mass is 219 g/mol. The van der Waals surface area contributed by atoms with E-state index in [2.05, 4.69) is 6.08 Å². The van der Waals surface area contributed by atoms with Crippen LogP contribution in [0.4, 0.5) is 0 Å². The molecule has 2 rings (SSSR count). The van der Waals surface area contributed by atoms with Gasteiger partial charge in [-0.05, 0) is 50.3 Å². The van der Waals surface area contributed by atoms with E-state index in [0.717, 1.165) is 17.9 Å². The molecule has 88 valence electrons. The zero-order chi connectivity index (χ0) is 11.4. The molecule has 2 nitrogen and oxygen atoms in total. The molecule has 1 aromatic rings. The maximum Gasteiger partial charge on any atom is 0.125 e. The Bertz CT molecular complexity index is 365. The normalized spacial score (nSPS) is 23.0. The zero-order valence-electron chi connectivity index (χ0n) is 10.0. The number of allylic oxidation sites excluding steroid dienone is 1. The molecule has 2 heteroatoms. The lowest BCUT2D eigenvalue weighted by atomic mass is 9.94. The topological polar surface area (TPSA) is 39.2 Å². The standard InChI is InChI=1S/C14H21NO/c1-11-9-10-13(16-11)14(15)12-7-5-3-2-4-6-8-12/h7,9-10,14H,2-6,8,15H2,1H3/b12-7+. The maximum absolute atomic E-state index is 6.24. The van der Waals surface area contributed by atoms with E-state index in [-0.39, 0.29) is 6.04 Å². The highest BCUT2D eigenvalue weighted by molar-refractivity contribution is 5.21. The van der Waals surface area contributed by atoms with Crippen molar-refractivity contribution in [1.82, 2.24) is 0 Å². The summed E-state index contributed by atoms with van der Waals surface area (Å²) >= 11 is 0. The first kappa shape index (κ1) is 11.5. The lowest BCUT2D eigenvalue weighted by Gasteiger charge is -2.16. The third-order valence-corrected chi connectivity index (χ3v) is 3.29. The van der Waals surface area contributed by atoms with Crippen molar-refractivity contribution < 1.29 is 4.42 Å². The summed E-state index contributed by atoms with van der Waals surface area (Å²) in [5, 5.41) is 0. The van der Waals surface area contributed by atoms with Crippen molar-refractivity contribution in [1.29, 1.82) is 0 Å². The Labute approximate surface area is 97.5 Å². The molecule has 1 aliphatic carbocycles.